The molecule has 0 saturated heterocycles. The number of rotatable bonds is 55. The molecule has 430 valence electrons. The standard InChI is InChI=1S/C70H114O6/c1-4-7-10-13-16-19-22-25-27-29-30-31-32-33-34-35-36-37-38-39-40-42-43-45-48-51-54-57-60-63-69(72)75-66-67(65-74-68(71)62-59-56-53-50-47-24-21-18-15-12-9-6-3)76-70(73)64-61-58-55-52-49-46-44-41-28-26-23-20-17-14-11-8-5-2/h7-8,10-11,16-21,25-28,30-31,33-34,36-37,44,46,67H,4-6,9,12-15,22-24,29,32,35,38-43,45,47-66H2,1-3H3/b10-7-,11-8-,19-16-,20-17-,21-18-,27-25-,28-26-,31-30-,34-33-,37-36-,46-44-. The van der Waals surface area contributed by atoms with Gasteiger partial charge in [0.25, 0.3) is 0 Å². The molecule has 6 heteroatoms. The number of carbonyl (C=O) groups excluding carboxylic acids is 3. The highest BCUT2D eigenvalue weighted by Crippen LogP contribution is 2.15. The van der Waals surface area contributed by atoms with E-state index in [0.29, 0.717) is 19.3 Å². The Kier molecular flexibility index (Phi) is 59.4. The van der Waals surface area contributed by atoms with Crippen LogP contribution in [0.1, 0.15) is 271 Å². The zero-order valence-corrected chi connectivity index (χ0v) is 49.2. The van der Waals surface area contributed by atoms with E-state index < -0.39 is 6.10 Å². The average Bonchev–Trinajstić information content (AvgIpc) is 3.42. The van der Waals surface area contributed by atoms with E-state index in [4.69, 9.17) is 14.2 Å². The van der Waals surface area contributed by atoms with Crippen LogP contribution in [0.5, 0.6) is 0 Å². The summed E-state index contributed by atoms with van der Waals surface area (Å²) in [5.74, 6) is -0.933. The third-order valence-corrected chi connectivity index (χ3v) is 12.9. The van der Waals surface area contributed by atoms with Crippen molar-refractivity contribution in [2.45, 2.75) is 277 Å². The van der Waals surface area contributed by atoms with E-state index in [9.17, 15) is 14.4 Å². The molecule has 0 bridgehead atoms. The summed E-state index contributed by atoms with van der Waals surface area (Å²) in [4.78, 5) is 38.2. The first-order valence-electron chi connectivity index (χ1n) is 31.2. The van der Waals surface area contributed by atoms with Gasteiger partial charge in [0.05, 0.1) is 0 Å². The van der Waals surface area contributed by atoms with Gasteiger partial charge in [0.2, 0.25) is 0 Å². The molecule has 0 aromatic rings. The molecule has 0 rings (SSSR count). The molecule has 0 saturated carbocycles. The Balaban J connectivity index is 4.32. The second-order valence-corrected chi connectivity index (χ2v) is 20.2. The monoisotopic (exact) mass is 1050 g/mol. The molecule has 0 N–H and O–H groups in total. The molecule has 0 aliphatic carbocycles. The molecule has 1 unspecified atom stereocenters. The third kappa shape index (κ3) is 60.4. The smallest absolute Gasteiger partial charge is 0.306 e. The number of carbonyl (C=O) groups is 3. The summed E-state index contributed by atoms with van der Waals surface area (Å²) < 4.78 is 16.9. The van der Waals surface area contributed by atoms with Crippen LogP contribution < -0.4 is 0 Å². The van der Waals surface area contributed by atoms with Crippen molar-refractivity contribution in [2.24, 2.45) is 0 Å². The maximum atomic E-state index is 12.9. The molecule has 0 fully saturated rings. The van der Waals surface area contributed by atoms with Crippen molar-refractivity contribution in [3.63, 3.8) is 0 Å². The van der Waals surface area contributed by atoms with Gasteiger partial charge >= 0.3 is 17.9 Å². The molecule has 0 aliphatic heterocycles. The van der Waals surface area contributed by atoms with Crippen LogP contribution in [-0.4, -0.2) is 37.2 Å². The Bertz CT molecular complexity index is 1630. The minimum atomic E-state index is -0.801. The van der Waals surface area contributed by atoms with E-state index in [2.05, 4.69) is 154 Å². The second kappa shape index (κ2) is 63.1. The van der Waals surface area contributed by atoms with Gasteiger partial charge in [-0.2, -0.15) is 0 Å². The van der Waals surface area contributed by atoms with Gasteiger partial charge in [-0.25, -0.2) is 0 Å². The highest BCUT2D eigenvalue weighted by atomic mass is 16.6. The fourth-order valence-corrected chi connectivity index (χ4v) is 8.25. The number of allylic oxidation sites excluding steroid dienone is 22. The summed E-state index contributed by atoms with van der Waals surface area (Å²) >= 11 is 0. The van der Waals surface area contributed by atoms with Gasteiger partial charge < -0.3 is 14.2 Å². The van der Waals surface area contributed by atoms with Crippen LogP contribution in [0.2, 0.25) is 0 Å². The first-order chi connectivity index (χ1) is 37.5. The van der Waals surface area contributed by atoms with Crippen LogP contribution in [-0.2, 0) is 28.6 Å². The summed E-state index contributed by atoms with van der Waals surface area (Å²) in [5, 5.41) is 0. The molecular weight excluding hydrogens is 937 g/mol. The number of esters is 3. The Morgan fingerprint density at radius 3 is 0.816 bits per heavy atom. The van der Waals surface area contributed by atoms with Gasteiger partial charge in [0, 0.05) is 19.3 Å². The van der Waals surface area contributed by atoms with Gasteiger partial charge in [0.1, 0.15) is 13.2 Å². The zero-order chi connectivity index (χ0) is 55.0. The molecule has 0 amide bonds. The molecule has 1 atom stereocenters. The molecule has 0 aliphatic rings. The molecule has 0 aromatic carbocycles. The van der Waals surface area contributed by atoms with Gasteiger partial charge in [0.15, 0.2) is 6.10 Å². The molecule has 76 heavy (non-hydrogen) atoms. The SMILES string of the molecule is CC/C=C\C/C=C\C/C=C\C/C=C\C/C=C\C/C=C\CCCCCCCCCCCCC(=O)OCC(COC(=O)CCCCCCC/C=C\CCCCC)OC(=O)CCCCCC/C=C\C/C=C\C/C=C\C/C=C\CC. The Hall–Kier alpha value is -4.45. The summed E-state index contributed by atoms with van der Waals surface area (Å²) in [7, 11) is 0. The van der Waals surface area contributed by atoms with Gasteiger partial charge in [-0.05, 0) is 135 Å². The molecule has 6 nitrogen and oxygen atoms in total. The van der Waals surface area contributed by atoms with Crippen LogP contribution in [0.3, 0.4) is 0 Å². The lowest BCUT2D eigenvalue weighted by atomic mass is 10.1. The van der Waals surface area contributed by atoms with Gasteiger partial charge in [-0.1, -0.05) is 251 Å². The Morgan fingerprint density at radius 2 is 0.513 bits per heavy atom. The molecule has 0 aromatic heterocycles. The van der Waals surface area contributed by atoms with Crippen molar-refractivity contribution in [1.29, 1.82) is 0 Å². The zero-order valence-electron chi connectivity index (χ0n) is 49.2. The van der Waals surface area contributed by atoms with Crippen LogP contribution in [0.4, 0.5) is 0 Å². The number of hydrogen-bond acceptors (Lipinski definition) is 6. The first kappa shape index (κ1) is 71.5. The molecular formula is C70H114O6. The maximum absolute atomic E-state index is 12.9. The van der Waals surface area contributed by atoms with E-state index in [1.165, 1.54) is 83.5 Å². The summed E-state index contributed by atoms with van der Waals surface area (Å²) in [5.41, 5.74) is 0. The summed E-state index contributed by atoms with van der Waals surface area (Å²) in [6.07, 6.45) is 88.8. The normalized spacial score (nSPS) is 13.0. The van der Waals surface area contributed by atoms with Crippen LogP contribution in [0, 0.1) is 0 Å². The highest BCUT2D eigenvalue weighted by molar-refractivity contribution is 5.71. The topological polar surface area (TPSA) is 78.9 Å². The van der Waals surface area contributed by atoms with Gasteiger partial charge in [-0.15, -0.1) is 0 Å². The fourth-order valence-electron chi connectivity index (χ4n) is 8.25. The van der Waals surface area contributed by atoms with E-state index in [0.717, 1.165) is 148 Å². The van der Waals surface area contributed by atoms with Crippen LogP contribution >= 0.6 is 0 Å². The molecule has 0 spiro atoms. The van der Waals surface area contributed by atoms with Crippen molar-refractivity contribution in [3.8, 4) is 0 Å². The second-order valence-electron chi connectivity index (χ2n) is 20.2. The first-order valence-corrected chi connectivity index (χ1v) is 31.2. The lowest BCUT2D eigenvalue weighted by Crippen LogP contribution is -2.30. The van der Waals surface area contributed by atoms with Crippen molar-refractivity contribution < 1.29 is 28.6 Å². The van der Waals surface area contributed by atoms with Crippen molar-refractivity contribution in [3.05, 3.63) is 134 Å². The van der Waals surface area contributed by atoms with E-state index in [1.807, 2.05) is 0 Å². The van der Waals surface area contributed by atoms with Crippen molar-refractivity contribution in [1.82, 2.24) is 0 Å². The number of hydrogen-bond donors (Lipinski definition) is 0. The van der Waals surface area contributed by atoms with Crippen molar-refractivity contribution >= 4 is 17.9 Å². The van der Waals surface area contributed by atoms with Crippen LogP contribution in [0.15, 0.2) is 134 Å². The van der Waals surface area contributed by atoms with E-state index in [1.54, 1.807) is 0 Å². The average molecular weight is 1050 g/mol. The Labute approximate surface area is 468 Å². The molecule has 0 radical (unpaired) electrons. The largest absolute Gasteiger partial charge is 0.462 e. The van der Waals surface area contributed by atoms with Crippen molar-refractivity contribution in [2.75, 3.05) is 13.2 Å². The summed E-state index contributed by atoms with van der Waals surface area (Å²) in [6.45, 7) is 6.36. The quantitative estimate of drug-likeness (QED) is 0.0261. The van der Waals surface area contributed by atoms with E-state index >= 15 is 0 Å². The minimum absolute atomic E-state index is 0.0961. The fraction of sp³-hybridized carbons (Fsp3) is 0.643. The predicted octanol–water partition coefficient (Wildman–Crippen LogP) is 21.4. The predicted molar refractivity (Wildman–Crippen MR) is 329 cm³/mol. The number of unbranched alkanes of at least 4 members (excludes halogenated alkanes) is 22. The van der Waals surface area contributed by atoms with Gasteiger partial charge in [-0.3, -0.25) is 14.4 Å². The molecule has 0 heterocycles. The summed E-state index contributed by atoms with van der Waals surface area (Å²) in [6, 6.07) is 0. The lowest BCUT2D eigenvalue weighted by Gasteiger charge is -2.18. The highest BCUT2D eigenvalue weighted by Gasteiger charge is 2.19. The number of ether oxygens (including phenoxy) is 3. The van der Waals surface area contributed by atoms with E-state index in [-0.39, 0.29) is 31.1 Å². The maximum Gasteiger partial charge on any atom is 0.306 e. The Morgan fingerprint density at radius 1 is 0.276 bits per heavy atom. The van der Waals surface area contributed by atoms with Crippen LogP contribution in [0.25, 0.3) is 0 Å². The lowest BCUT2D eigenvalue weighted by molar-refractivity contribution is -0.167. The third-order valence-electron chi connectivity index (χ3n) is 12.9. The minimum Gasteiger partial charge on any atom is -0.462 e.